The van der Waals surface area contributed by atoms with Crippen LogP contribution in [0.5, 0.6) is 0 Å². The van der Waals surface area contributed by atoms with Crippen molar-refractivity contribution in [2.75, 3.05) is 0 Å². The van der Waals surface area contributed by atoms with Gasteiger partial charge in [-0.15, -0.1) is 0 Å². The summed E-state index contributed by atoms with van der Waals surface area (Å²) in [7, 11) is -4.27. The second kappa shape index (κ2) is 2.78. The predicted octanol–water partition coefficient (Wildman–Crippen LogP) is 1.18. The maximum absolute atomic E-state index is 11.3. The van der Waals surface area contributed by atoms with E-state index < -0.39 is 24.9 Å². The standard InChI is InChI=1S/C10H13O5P/c11-9(12)10-3-5-1-6(4-10)8(10)7(2-5)16(13,14)15/h2,5-6,8H,1,3-4H2,(H,11,12)(H2,13,14,15). The van der Waals surface area contributed by atoms with Gasteiger partial charge in [0.2, 0.25) is 0 Å². The largest absolute Gasteiger partial charge is 0.481 e. The van der Waals surface area contributed by atoms with E-state index in [-0.39, 0.29) is 17.2 Å². The Labute approximate surface area is 92.3 Å². The summed E-state index contributed by atoms with van der Waals surface area (Å²) in [4.78, 5) is 29.8. The van der Waals surface area contributed by atoms with Gasteiger partial charge in [-0.3, -0.25) is 9.36 Å². The van der Waals surface area contributed by atoms with Crippen LogP contribution in [0.25, 0.3) is 0 Å². The lowest BCUT2D eigenvalue weighted by Crippen LogP contribution is -2.60. The Morgan fingerprint density at radius 3 is 2.62 bits per heavy atom. The molecule has 0 aliphatic heterocycles. The Morgan fingerprint density at radius 1 is 1.44 bits per heavy atom. The van der Waals surface area contributed by atoms with Crippen molar-refractivity contribution in [2.45, 2.75) is 19.3 Å². The minimum atomic E-state index is -4.27. The molecule has 88 valence electrons. The smallest absolute Gasteiger partial charge is 0.352 e. The van der Waals surface area contributed by atoms with Crippen LogP contribution in [0.15, 0.2) is 11.4 Å². The molecule has 4 aliphatic rings. The van der Waals surface area contributed by atoms with Crippen molar-refractivity contribution < 1.29 is 24.3 Å². The molecule has 5 nitrogen and oxygen atoms in total. The molecule has 0 aromatic rings. The van der Waals surface area contributed by atoms with Crippen LogP contribution in [-0.2, 0) is 9.36 Å². The lowest BCUT2D eigenvalue weighted by molar-refractivity contribution is -0.178. The molecule has 4 aliphatic carbocycles. The van der Waals surface area contributed by atoms with Gasteiger partial charge < -0.3 is 14.9 Å². The van der Waals surface area contributed by atoms with Gasteiger partial charge in [0.25, 0.3) is 0 Å². The summed E-state index contributed by atoms with van der Waals surface area (Å²) >= 11 is 0. The zero-order chi connectivity index (χ0) is 11.7. The third-order valence-corrected chi connectivity index (χ3v) is 5.51. The fourth-order valence-electron chi connectivity index (χ4n) is 3.96. The maximum atomic E-state index is 11.3. The molecule has 0 aromatic carbocycles. The van der Waals surface area contributed by atoms with Gasteiger partial charge >= 0.3 is 13.6 Å². The summed E-state index contributed by atoms with van der Waals surface area (Å²) in [5.41, 5.74) is -0.876. The predicted molar refractivity (Wildman–Crippen MR) is 54.5 cm³/mol. The van der Waals surface area contributed by atoms with Crippen LogP contribution in [-0.4, -0.2) is 20.9 Å². The van der Waals surface area contributed by atoms with E-state index in [1.807, 2.05) is 0 Å². The molecule has 0 aromatic heterocycles. The number of allylic oxidation sites excluding steroid dienone is 2. The second-order valence-electron chi connectivity index (χ2n) is 5.24. The third kappa shape index (κ3) is 1.09. The average molecular weight is 244 g/mol. The fourth-order valence-corrected chi connectivity index (χ4v) is 5.18. The second-order valence-corrected chi connectivity index (χ2v) is 6.84. The summed E-state index contributed by atoms with van der Waals surface area (Å²) < 4.78 is 11.3. The first kappa shape index (κ1) is 10.5. The lowest BCUT2D eigenvalue weighted by Gasteiger charge is -2.62. The van der Waals surface area contributed by atoms with Gasteiger partial charge in [-0.25, -0.2) is 0 Å². The molecule has 0 radical (unpaired) electrons. The molecule has 0 spiro atoms. The molecular formula is C10H13O5P. The van der Waals surface area contributed by atoms with Crippen molar-refractivity contribution in [2.24, 2.45) is 23.2 Å². The van der Waals surface area contributed by atoms with Crippen LogP contribution < -0.4 is 0 Å². The van der Waals surface area contributed by atoms with Crippen molar-refractivity contribution in [1.29, 1.82) is 0 Å². The number of hydrogen-bond acceptors (Lipinski definition) is 2. The molecule has 4 unspecified atom stereocenters. The third-order valence-electron chi connectivity index (χ3n) is 4.41. The zero-order valence-corrected chi connectivity index (χ0v) is 9.43. The summed E-state index contributed by atoms with van der Waals surface area (Å²) in [6.07, 6.45) is 3.65. The molecule has 2 fully saturated rings. The highest BCUT2D eigenvalue weighted by Crippen LogP contribution is 2.73. The topological polar surface area (TPSA) is 94.8 Å². The molecule has 4 rings (SSSR count). The van der Waals surface area contributed by atoms with Crippen LogP contribution >= 0.6 is 7.60 Å². The first-order valence-electron chi connectivity index (χ1n) is 5.36. The maximum Gasteiger partial charge on any atom is 0.352 e. The Hall–Kier alpha value is -0.640. The quantitative estimate of drug-likeness (QED) is 0.634. The molecule has 0 heterocycles. The number of aliphatic carboxylic acids is 1. The van der Waals surface area contributed by atoms with Crippen LogP contribution in [0.2, 0.25) is 0 Å². The monoisotopic (exact) mass is 244 g/mol. The molecule has 4 bridgehead atoms. The normalized spacial score (nSPS) is 44.9. The van der Waals surface area contributed by atoms with Crippen LogP contribution in [0.1, 0.15) is 19.3 Å². The van der Waals surface area contributed by atoms with E-state index in [0.717, 1.165) is 6.42 Å². The Bertz CT molecular complexity index is 450. The van der Waals surface area contributed by atoms with Crippen molar-refractivity contribution >= 4 is 13.6 Å². The van der Waals surface area contributed by atoms with Gasteiger partial charge in [0.05, 0.1) is 5.41 Å². The van der Waals surface area contributed by atoms with E-state index in [2.05, 4.69) is 0 Å². The van der Waals surface area contributed by atoms with Gasteiger partial charge in [-0.05, 0) is 31.1 Å². The van der Waals surface area contributed by atoms with Gasteiger partial charge in [0, 0.05) is 11.2 Å². The fraction of sp³-hybridized carbons (Fsp3) is 0.700. The number of rotatable bonds is 2. The van der Waals surface area contributed by atoms with Crippen molar-refractivity contribution in [3.63, 3.8) is 0 Å². The van der Waals surface area contributed by atoms with Crippen LogP contribution in [0.4, 0.5) is 0 Å². The van der Waals surface area contributed by atoms with Gasteiger partial charge in [0.15, 0.2) is 0 Å². The van der Waals surface area contributed by atoms with E-state index in [1.54, 1.807) is 6.08 Å². The molecule has 3 N–H and O–H groups in total. The SMILES string of the molecule is O=C(O)C12CC3C=C(P(=O)(O)O)C1C(C3)C2. The van der Waals surface area contributed by atoms with Gasteiger partial charge in [0.1, 0.15) is 0 Å². The molecule has 16 heavy (non-hydrogen) atoms. The molecule has 4 atom stereocenters. The van der Waals surface area contributed by atoms with Gasteiger partial charge in [-0.2, -0.15) is 0 Å². The molecule has 2 saturated carbocycles. The van der Waals surface area contributed by atoms with E-state index in [9.17, 15) is 24.3 Å². The van der Waals surface area contributed by atoms with Gasteiger partial charge in [-0.1, -0.05) is 6.08 Å². The molecular weight excluding hydrogens is 231 g/mol. The number of carboxylic acid groups (broad SMARTS) is 1. The van der Waals surface area contributed by atoms with Crippen molar-refractivity contribution in [3.05, 3.63) is 11.4 Å². The highest BCUT2D eigenvalue weighted by molar-refractivity contribution is 7.56. The molecule has 0 amide bonds. The zero-order valence-electron chi connectivity index (χ0n) is 8.54. The Balaban J connectivity index is 2.08. The average Bonchev–Trinajstić information content (AvgIpc) is 2.14. The summed E-state index contributed by atoms with van der Waals surface area (Å²) in [5.74, 6) is -1.10. The van der Waals surface area contributed by atoms with Crippen molar-refractivity contribution in [3.8, 4) is 0 Å². The number of carbonyl (C=O) groups is 1. The lowest BCUT2D eigenvalue weighted by atomic mass is 9.42. The van der Waals surface area contributed by atoms with E-state index >= 15 is 0 Å². The molecule has 6 heteroatoms. The van der Waals surface area contributed by atoms with E-state index in [4.69, 9.17) is 0 Å². The summed E-state index contributed by atoms with van der Waals surface area (Å²) in [6.45, 7) is 0. The number of hydrogen-bond donors (Lipinski definition) is 3. The Kier molecular flexibility index (Phi) is 1.83. The Morgan fingerprint density at radius 2 is 2.12 bits per heavy atom. The van der Waals surface area contributed by atoms with Crippen molar-refractivity contribution in [1.82, 2.24) is 0 Å². The minimum Gasteiger partial charge on any atom is -0.481 e. The first-order valence-corrected chi connectivity index (χ1v) is 6.97. The highest BCUT2D eigenvalue weighted by atomic mass is 31.2. The first-order chi connectivity index (χ1) is 7.34. The van der Waals surface area contributed by atoms with Crippen LogP contribution in [0, 0.1) is 23.2 Å². The highest BCUT2D eigenvalue weighted by Gasteiger charge is 2.67. The summed E-state index contributed by atoms with van der Waals surface area (Å²) in [5, 5.41) is 9.35. The van der Waals surface area contributed by atoms with E-state index in [1.165, 1.54) is 0 Å². The summed E-state index contributed by atoms with van der Waals surface area (Å²) in [6, 6.07) is 0. The number of carboxylic acids is 1. The molecule has 0 saturated heterocycles. The van der Waals surface area contributed by atoms with E-state index in [0.29, 0.717) is 12.8 Å². The van der Waals surface area contributed by atoms with Crippen LogP contribution in [0.3, 0.4) is 0 Å². The minimum absolute atomic E-state index is 0.0440.